The second-order valence-corrected chi connectivity index (χ2v) is 8.55. The Morgan fingerprint density at radius 3 is 1.83 bits per heavy atom. The minimum atomic E-state index is -0.818. The van der Waals surface area contributed by atoms with E-state index in [0.717, 1.165) is 0 Å². The molecule has 0 fully saturated rings. The van der Waals surface area contributed by atoms with Crippen LogP contribution in [-0.4, -0.2) is 43.3 Å². The molecule has 0 bridgehead atoms. The zero-order chi connectivity index (χ0) is 24.5. The highest BCUT2D eigenvalue weighted by Gasteiger charge is 2.37. The van der Waals surface area contributed by atoms with E-state index in [1.165, 1.54) is 4.90 Å². The summed E-state index contributed by atoms with van der Waals surface area (Å²) in [5, 5.41) is 2.87. The molecule has 4 atom stereocenters. The Hall–Kier alpha value is -4.20. The zero-order valence-corrected chi connectivity index (χ0v) is 19.6. The average molecular weight is 475 g/mol. The van der Waals surface area contributed by atoms with Crippen molar-refractivity contribution in [1.82, 2.24) is 0 Å². The SMILES string of the molecule is CC1Oc2ccccc2OC1C(=O)Nc1cccc(N(C)C(=O)C2Oc3ccccc3OC2C)c1. The fourth-order valence-corrected chi connectivity index (χ4v) is 4.12. The summed E-state index contributed by atoms with van der Waals surface area (Å²) < 4.78 is 23.5. The zero-order valence-electron chi connectivity index (χ0n) is 19.6. The lowest BCUT2D eigenvalue weighted by atomic mass is 10.1. The molecular weight excluding hydrogens is 448 g/mol. The maximum atomic E-state index is 13.3. The molecular formula is C27H26N2O6. The van der Waals surface area contributed by atoms with Gasteiger partial charge in [0.1, 0.15) is 12.2 Å². The van der Waals surface area contributed by atoms with Crippen molar-refractivity contribution in [2.24, 2.45) is 0 Å². The number of carbonyl (C=O) groups is 2. The first-order valence-corrected chi connectivity index (χ1v) is 11.4. The molecule has 2 aliphatic rings. The van der Waals surface area contributed by atoms with Crippen molar-refractivity contribution in [1.29, 1.82) is 0 Å². The summed E-state index contributed by atoms with van der Waals surface area (Å²) in [4.78, 5) is 27.7. The first-order chi connectivity index (χ1) is 16.9. The molecule has 8 heteroatoms. The molecule has 2 heterocycles. The number of rotatable bonds is 4. The Balaban J connectivity index is 1.28. The Labute approximate surface area is 203 Å². The predicted octanol–water partition coefficient (Wildman–Crippen LogP) is 4.04. The van der Waals surface area contributed by atoms with Crippen LogP contribution >= 0.6 is 0 Å². The summed E-state index contributed by atoms with van der Waals surface area (Å²) in [7, 11) is 1.66. The molecule has 5 rings (SSSR count). The summed E-state index contributed by atoms with van der Waals surface area (Å²) in [6.45, 7) is 3.59. The van der Waals surface area contributed by atoms with E-state index in [-0.39, 0.29) is 11.8 Å². The lowest BCUT2D eigenvalue weighted by Gasteiger charge is -2.33. The molecule has 35 heavy (non-hydrogen) atoms. The number of likely N-dealkylation sites (N-methyl/N-ethyl adjacent to an activating group) is 1. The van der Waals surface area contributed by atoms with Crippen LogP contribution in [0.2, 0.25) is 0 Å². The molecule has 2 amide bonds. The number of anilines is 2. The van der Waals surface area contributed by atoms with E-state index in [2.05, 4.69) is 5.32 Å². The van der Waals surface area contributed by atoms with Gasteiger partial charge in [0.15, 0.2) is 23.0 Å². The van der Waals surface area contributed by atoms with Crippen molar-refractivity contribution in [2.45, 2.75) is 38.3 Å². The van der Waals surface area contributed by atoms with Gasteiger partial charge in [-0.3, -0.25) is 9.59 Å². The van der Waals surface area contributed by atoms with Crippen LogP contribution in [-0.2, 0) is 9.59 Å². The summed E-state index contributed by atoms with van der Waals surface area (Å²) in [6.07, 6.45) is -2.55. The normalized spacial score (nSPS) is 22.1. The van der Waals surface area contributed by atoms with Crippen molar-refractivity contribution < 1.29 is 28.5 Å². The van der Waals surface area contributed by atoms with Crippen LogP contribution in [0.4, 0.5) is 11.4 Å². The third-order valence-corrected chi connectivity index (χ3v) is 6.02. The molecule has 4 unspecified atom stereocenters. The van der Waals surface area contributed by atoms with Gasteiger partial charge in [0.25, 0.3) is 11.8 Å². The van der Waals surface area contributed by atoms with Gasteiger partial charge in [-0.15, -0.1) is 0 Å². The molecule has 8 nitrogen and oxygen atoms in total. The van der Waals surface area contributed by atoms with E-state index in [4.69, 9.17) is 18.9 Å². The van der Waals surface area contributed by atoms with Crippen LogP contribution in [0.5, 0.6) is 23.0 Å². The third kappa shape index (κ3) is 4.47. The number of para-hydroxylation sites is 4. The smallest absolute Gasteiger partial charge is 0.271 e. The number of benzene rings is 3. The standard InChI is InChI=1S/C27H26N2O6/c1-16-24(34-22-13-6-4-11-20(22)32-16)26(30)28-18-9-8-10-19(15-18)29(3)27(31)25-17(2)33-21-12-5-7-14-23(21)35-25/h4-17,24-25H,1-3H3,(H,28,30). The number of carbonyl (C=O) groups excluding carboxylic acids is 2. The molecule has 1 N–H and O–H groups in total. The number of amides is 2. The molecule has 3 aromatic carbocycles. The largest absolute Gasteiger partial charge is 0.482 e. The van der Waals surface area contributed by atoms with Gasteiger partial charge in [0.2, 0.25) is 12.2 Å². The Bertz CT molecular complexity index is 1260. The molecule has 2 aliphatic heterocycles. The van der Waals surface area contributed by atoms with E-state index in [1.807, 2.05) is 30.3 Å². The van der Waals surface area contributed by atoms with E-state index in [0.29, 0.717) is 34.4 Å². The molecule has 0 aromatic heterocycles. The van der Waals surface area contributed by atoms with Crippen LogP contribution in [0.25, 0.3) is 0 Å². The van der Waals surface area contributed by atoms with Gasteiger partial charge in [-0.25, -0.2) is 0 Å². The lowest BCUT2D eigenvalue weighted by Crippen LogP contribution is -2.49. The number of fused-ring (bicyclic) bond motifs is 2. The van der Waals surface area contributed by atoms with Crippen LogP contribution in [0.1, 0.15) is 13.8 Å². The maximum absolute atomic E-state index is 13.3. The van der Waals surface area contributed by atoms with Gasteiger partial charge in [-0.1, -0.05) is 30.3 Å². The number of hydrogen-bond acceptors (Lipinski definition) is 6. The van der Waals surface area contributed by atoms with Crippen molar-refractivity contribution >= 4 is 23.2 Å². The predicted molar refractivity (Wildman–Crippen MR) is 130 cm³/mol. The van der Waals surface area contributed by atoms with Gasteiger partial charge < -0.3 is 29.2 Å². The molecule has 180 valence electrons. The minimum Gasteiger partial charge on any atom is -0.482 e. The fraction of sp³-hybridized carbons (Fsp3) is 0.259. The van der Waals surface area contributed by atoms with E-state index < -0.39 is 24.4 Å². The molecule has 3 aromatic rings. The Morgan fingerprint density at radius 2 is 1.23 bits per heavy atom. The third-order valence-electron chi connectivity index (χ3n) is 6.02. The number of nitrogens with one attached hydrogen (secondary N) is 1. The van der Waals surface area contributed by atoms with Gasteiger partial charge in [0, 0.05) is 18.4 Å². The van der Waals surface area contributed by atoms with Crippen LogP contribution in [0.3, 0.4) is 0 Å². The highest BCUT2D eigenvalue weighted by molar-refractivity contribution is 5.99. The minimum absolute atomic E-state index is 0.260. The number of nitrogens with zero attached hydrogens (tertiary/aromatic N) is 1. The lowest BCUT2D eigenvalue weighted by molar-refractivity contribution is -0.130. The van der Waals surface area contributed by atoms with Crippen molar-refractivity contribution in [3.05, 3.63) is 72.8 Å². The number of ether oxygens (including phenoxy) is 4. The fourth-order valence-electron chi connectivity index (χ4n) is 4.12. The topological polar surface area (TPSA) is 86.3 Å². The summed E-state index contributed by atoms with van der Waals surface area (Å²) in [5.41, 5.74) is 1.13. The summed E-state index contributed by atoms with van der Waals surface area (Å²) in [6, 6.07) is 21.5. The summed E-state index contributed by atoms with van der Waals surface area (Å²) >= 11 is 0. The van der Waals surface area contributed by atoms with Gasteiger partial charge >= 0.3 is 0 Å². The molecule has 0 radical (unpaired) electrons. The first-order valence-electron chi connectivity index (χ1n) is 11.4. The highest BCUT2D eigenvalue weighted by Crippen LogP contribution is 2.35. The van der Waals surface area contributed by atoms with Gasteiger partial charge in [-0.2, -0.15) is 0 Å². The van der Waals surface area contributed by atoms with Crippen molar-refractivity contribution in [3.63, 3.8) is 0 Å². The summed E-state index contributed by atoms with van der Waals surface area (Å²) in [5.74, 6) is 1.68. The highest BCUT2D eigenvalue weighted by atomic mass is 16.6. The first kappa shape index (κ1) is 22.6. The van der Waals surface area contributed by atoms with Crippen LogP contribution < -0.4 is 29.2 Å². The number of hydrogen-bond donors (Lipinski definition) is 1. The maximum Gasteiger partial charge on any atom is 0.271 e. The Kier molecular flexibility index (Phi) is 5.94. The van der Waals surface area contributed by atoms with Crippen molar-refractivity contribution in [3.8, 4) is 23.0 Å². The second-order valence-electron chi connectivity index (χ2n) is 8.55. The van der Waals surface area contributed by atoms with E-state index >= 15 is 0 Å². The van der Waals surface area contributed by atoms with Crippen LogP contribution in [0, 0.1) is 0 Å². The van der Waals surface area contributed by atoms with Crippen molar-refractivity contribution in [2.75, 3.05) is 17.3 Å². The van der Waals surface area contributed by atoms with Crippen LogP contribution in [0.15, 0.2) is 72.8 Å². The second kappa shape index (κ2) is 9.21. The quantitative estimate of drug-likeness (QED) is 0.614. The Morgan fingerprint density at radius 1 is 0.714 bits per heavy atom. The van der Waals surface area contributed by atoms with Gasteiger partial charge in [0.05, 0.1) is 0 Å². The molecule has 0 saturated heterocycles. The van der Waals surface area contributed by atoms with E-state index in [9.17, 15) is 9.59 Å². The monoisotopic (exact) mass is 474 g/mol. The molecule has 0 spiro atoms. The average Bonchev–Trinajstić information content (AvgIpc) is 2.87. The van der Waals surface area contributed by atoms with Gasteiger partial charge in [-0.05, 0) is 56.3 Å². The molecule has 0 aliphatic carbocycles. The molecule has 0 saturated carbocycles. The van der Waals surface area contributed by atoms with E-state index in [1.54, 1.807) is 63.4 Å².